The highest BCUT2D eigenvalue weighted by Gasteiger charge is 2.29. The van der Waals surface area contributed by atoms with Crippen LogP contribution in [0.1, 0.15) is 22.3 Å². The summed E-state index contributed by atoms with van der Waals surface area (Å²) in [5.41, 5.74) is 3.48. The molecular formula is C21H16F3N. The van der Waals surface area contributed by atoms with Gasteiger partial charge in [-0.3, -0.25) is 0 Å². The molecule has 0 aliphatic rings. The fraction of sp³-hybridized carbons (Fsp3) is 0.0952. The van der Waals surface area contributed by atoms with Crippen LogP contribution in [-0.2, 0) is 6.18 Å². The maximum atomic E-state index is 12.7. The van der Waals surface area contributed by atoms with Crippen molar-refractivity contribution in [3.8, 4) is 0 Å². The molecule has 3 aromatic rings. The van der Waals surface area contributed by atoms with E-state index in [4.69, 9.17) is 0 Å². The quantitative estimate of drug-likeness (QED) is 0.505. The molecule has 0 fully saturated rings. The van der Waals surface area contributed by atoms with E-state index in [2.05, 4.69) is 4.99 Å². The van der Waals surface area contributed by atoms with Crippen LogP contribution in [0, 0.1) is 6.92 Å². The molecule has 25 heavy (non-hydrogen) atoms. The van der Waals surface area contributed by atoms with Gasteiger partial charge in [0.2, 0.25) is 0 Å². The molecule has 0 amide bonds. The third-order valence-electron chi connectivity index (χ3n) is 3.81. The first-order valence-corrected chi connectivity index (χ1v) is 7.82. The van der Waals surface area contributed by atoms with Gasteiger partial charge in [-0.05, 0) is 31.2 Å². The van der Waals surface area contributed by atoms with Crippen molar-refractivity contribution in [3.05, 3.63) is 101 Å². The van der Waals surface area contributed by atoms with Gasteiger partial charge in [0, 0.05) is 11.1 Å². The minimum absolute atomic E-state index is 0.479. The van der Waals surface area contributed by atoms with Gasteiger partial charge in [-0.1, -0.05) is 60.2 Å². The van der Waals surface area contributed by atoms with Crippen molar-refractivity contribution in [2.24, 2.45) is 4.99 Å². The lowest BCUT2D eigenvalue weighted by atomic mass is 10.0. The Morgan fingerprint density at radius 2 is 1.28 bits per heavy atom. The molecule has 4 heteroatoms. The number of aliphatic imine (C=N–C) groups is 1. The van der Waals surface area contributed by atoms with Gasteiger partial charge in [0.1, 0.15) is 0 Å². The zero-order chi connectivity index (χ0) is 17.9. The first-order chi connectivity index (χ1) is 11.9. The highest BCUT2D eigenvalue weighted by Crippen LogP contribution is 2.30. The number of rotatable bonds is 3. The van der Waals surface area contributed by atoms with E-state index in [1.165, 1.54) is 12.1 Å². The first kappa shape index (κ1) is 17.0. The van der Waals surface area contributed by atoms with Crippen LogP contribution >= 0.6 is 0 Å². The summed E-state index contributed by atoms with van der Waals surface area (Å²) in [6, 6.07) is 22.4. The molecule has 0 saturated carbocycles. The molecule has 1 nitrogen and oxygen atoms in total. The minimum atomic E-state index is -4.35. The average molecular weight is 339 g/mol. The Kier molecular flexibility index (Phi) is 4.70. The third kappa shape index (κ3) is 4.15. The lowest BCUT2D eigenvalue weighted by Crippen LogP contribution is -2.04. The van der Waals surface area contributed by atoms with E-state index in [9.17, 15) is 13.2 Å². The summed E-state index contributed by atoms with van der Waals surface area (Å²) in [7, 11) is 0. The number of nitrogens with zero attached hydrogens (tertiary/aromatic N) is 1. The highest BCUT2D eigenvalue weighted by atomic mass is 19.4. The summed E-state index contributed by atoms with van der Waals surface area (Å²) >= 11 is 0. The van der Waals surface area contributed by atoms with Crippen LogP contribution in [0.2, 0.25) is 0 Å². The largest absolute Gasteiger partial charge is 0.416 e. The molecule has 0 radical (unpaired) electrons. The number of hydrogen-bond acceptors (Lipinski definition) is 1. The van der Waals surface area contributed by atoms with Gasteiger partial charge in [0.05, 0.1) is 17.0 Å². The van der Waals surface area contributed by atoms with Gasteiger partial charge < -0.3 is 0 Å². The van der Waals surface area contributed by atoms with Gasteiger partial charge in [0.25, 0.3) is 0 Å². The summed E-state index contributed by atoms with van der Waals surface area (Å²) in [6.07, 6.45) is -4.35. The first-order valence-electron chi connectivity index (χ1n) is 7.82. The van der Waals surface area contributed by atoms with Crippen molar-refractivity contribution in [1.82, 2.24) is 0 Å². The van der Waals surface area contributed by atoms with E-state index >= 15 is 0 Å². The van der Waals surface area contributed by atoms with Crippen LogP contribution in [0.15, 0.2) is 83.9 Å². The van der Waals surface area contributed by atoms with Crippen molar-refractivity contribution in [2.75, 3.05) is 0 Å². The summed E-state index contributed by atoms with van der Waals surface area (Å²) in [4.78, 5) is 4.60. The average Bonchev–Trinajstić information content (AvgIpc) is 2.61. The van der Waals surface area contributed by atoms with Gasteiger partial charge in [-0.2, -0.15) is 13.2 Å². The Morgan fingerprint density at radius 3 is 1.84 bits per heavy atom. The van der Waals surface area contributed by atoms with E-state index < -0.39 is 11.7 Å². The topological polar surface area (TPSA) is 12.4 Å². The van der Waals surface area contributed by atoms with E-state index in [0.717, 1.165) is 34.5 Å². The molecule has 0 atom stereocenters. The molecule has 3 rings (SSSR count). The molecule has 0 aromatic heterocycles. The van der Waals surface area contributed by atoms with E-state index in [1.54, 1.807) is 0 Å². The van der Waals surface area contributed by atoms with Crippen molar-refractivity contribution in [3.63, 3.8) is 0 Å². The van der Waals surface area contributed by atoms with Crippen molar-refractivity contribution in [1.29, 1.82) is 0 Å². The molecular weight excluding hydrogens is 323 g/mol. The molecule has 0 aliphatic heterocycles. The second kappa shape index (κ2) is 6.93. The minimum Gasteiger partial charge on any atom is -0.248 e. The van der Waals surface area contributed by atoms with Crippen LogP contribution in [0.5, 0.6) is 0 Å². The fourth-order valence-electron chi connectivity index (χ4n) is 2.46. The zero-order valence-electron chi connectivity index (χ0n) is 13.6. The van der Waals surface area contributed by atoms with E-state index in [1.807, 2.05) is 61.5 Å². The Morgan fingerprint density at radius 1 is 0.720 bits per heavy atom. The summed E-state index contributed by atoms with van der Waals surface area (Å²) in [6.45, 7) is 2.00. The molecule has 0 aliphatic carbocycles. The summed E-state index contributed by atoms with van der Waals surface area (Å²) in [5, 5.41) is 0. The Hall–Kier alpha value is -2.88. The monoisotopic (exact) mass is 339 g/mol. The molecule has 0 saturated heterocycles. The third-order valence-corrected chi connectivity index (χ3v) is 3.81. The fourth-order valence-corrected chi connectivity index (χ4v) is 2.46. The lowest BCUT2D eigenvalue weighted by Gasteiger charge is -2.09. The number of halogens is 3. The van der Waals surface area contributed by atoms with Crippen molar-refractivity contribution < 1.29 is 13.2 Å². The summed E-state index contributed by atoms with van der Waals surface area (Å²) < 4.78 is 38.1. The number of alkyl halides is 3. The smallest absolute Gasteiger partial charge is 0.248 e. The zero-order valence-corrected chi connectivity index (χ0v) is 13.6. The normalized spacial score (nSPS) is 12.2. The number of hydrogen-bond donors (Lipinski definition) is 0. The van der Waals surface area contributed by atoms with Gasteiger partial charge in [-0.25, -0.2) is 4.99 Å². The van der Waals surface area contributed by atoms with Crippen LogP contribution < -0.4 is 0 Å². The Bertz CT molecular complexity index is 862. The summed E-state index contributed by atoms with van der Waals surface area (Å²) in [5.74, 6) is 0. The van der Waals surface area contributed by atoms with Crippen molar-refractivity contribution >= 4 is 11.4 Å². The molecule has 3 aromatic carbocycles. The highest BCUT2D eigenvalue weighted by molar-refractivity contribution is 6.13. The maximum Gasteiger partial charge on any atom is 0.416 e. The van der Waals surface area contributed by atoms with E-state index in [0.29, 0.717) is 5.69 Å². The molecule has 0 unspecified atom stereocenters. The van der Waals surface area contributed by atoms with E-state index in [-0.39, 0.29) is 0 Å². The second-order valence-electron chi connectivity index (χ2n) is 5.74. The van der Waals surface area contributed by atoms with Gasteiger partial charge in [-0.15, -0.1) is 0 Å². The standard InChI is InChI=1S/C21H16F3N/c1-15-7-9-17(10-8-15)20(16-5-3-2-4-6-16)25-19-13-11-18(12-14-19)21(22,23)24/h2-14H,1H3. The Labute approximate surface area is 144 Å². The van der Waals surface area contributed by atoms with Crippen LogP contribution in [0.4, 0.5) is 18.9 Å². The predicted molar refractivity (Wildman–Crippen MR) is 94.4 cm³/mol. The second-order valence-corrected chi connectivity index (χ2v) is 5.74. The SMILES string of the molecule is Cc1ccc(C(=Nc2ccc(C(F)(F)F)cc2)c2ccccc2)cc1. The Balaban J connectivity index is 2.05. The molecule has 0 N–H and O–H groups in total. The van der Waals surface area contributed by atoms with Crippen LogP contribution in [0.25, 0.3) is 0 Å². The molecule has 126 valence electrons. The maximum absolute atomic E-state index is 12.7. The van der Waals surface area contributed by atoms with Crippen LogP contribution in [-0.4, -0.2) is 5.71 Å². The van der Waals surface area contributed by atoms with Gasteiger partial charge in [0.15, 0.2) is 0 Å². The van der Waals surface area contributed by atoms with Crippen LogP contribution in [0.3, 0.4) is 0 Å². The van der Waals surface area contributed by atoms with Gasteiger partial charge >= 0.3 is 6.18 Å². The van der Waals surface area contributed by atoms with Crippen molar-refractivity contribution in [2.45, 2.75) is 13.1 Å². The number of aryl methyl sites for hydroxylation is 1. The molecule has 0 heterocycles. The predicted octanol–water partition coefficient (Wildman–Crippen LogP) is 6.18. The molecule has 0 spiro atoms. The molecule has 0 bridgehead atoms. The lowest BCUT2D eigenvalue weighted by molar-refractivity contribution is -0.137. The number of benzene rings is 3.